The summed E-state index contributed by atoms with van der Waals surface area (Å²) in [5, 5.41) is 12.3. The van der Waals surface area contributed by atoms with Gasteiger partial charge >= 0.3 is 5.63 Å². The Labute approximate surface area is 226 Å². The van der Waals surface area contributed by atoms with Crippen LogP contribution in [0.5, 0.6) is 5.75 Å². The average Bonchev–Trinajstić information content (AvgIpc) is 2.92. The molecule has 2 atom stereocenters. The summed E-state index contributed by atoms with van der Waals surface area (Å²) in [6.45, 7) is 9.52. The summed E-state index contributed by atoms with van der Waals surface area (Å²) >= 11 is 0. The van der Waals surface area contributed by atoms with Crippen LogP contribution in [0.1, 0.15) is 59.9 Å². The van der Waals surface area contributed by atoms with Gasteiger partial charge in [-0.15, -0.1) is 0 Å². The topological polar surface area (TPSA) is 66.1 Å². The Hall–Kier alpha value is -2.67. The average molecular weight is 519 g/mol. The minimum Gasteiger partial charge on any atom is -0.507 e. The minimum atomic E-state index is -0.332. The van der Waals surface area contributed by atoms with Crippen LogP contribution >= 0.6 is 0 Å². The normalized spacial score (nSPS) is 20.2. The maximum absolute atomic E-state index is 12.9. The van der Waals surface area contributed by atoms with E-state index in [4.69, 9.17) is 9.15 Å². The van der Waals surface area contributed by atoms with E-state index in [2.05, 4.69) is 9.80 Å². The highest BCUT2D eigenvalue weighted by molar-refractivity contribution is 5.89. The Bertz CT molecular complexity index is 1300. The van der Waals surface area contributed by atoms with Gasteiger partial charge in [-0.25, -0.2) is 4.79 Å². The molecule has 1 aromatic heterocycles. The van der Waals surface area contributed by atoms with Crippen molar-refractivity contribution in [1.82, 2.24) is 9.80 Å². The molecule has 0 aliphatic carbocycles. The van der Waals surface area contributed by atoms with Crippen LogP contribution in [0.4, 0.5) is 0 Å². The lowest BCUT2D eigenvalue weighted by Gasteiger charge is -2.45. The van der Waals surface area contributed by atoms with Gasteiger partial charge in [-0.1, -0.05) is 36.8 Å². The third-order valence-electron chi connectivity index (χ3n) is 8.81. The number of phenolic OH excluding ortho intramolecular Hbond substituents is 1. The highest BCUT2D eigenvalue weighted by Crippen LogP contribution is 2.37. The lowest BCUT2D eigenvalue weighted by atomic mass is 9.83. The van der Waals surface area contributed by atoms with E-state index in [0.717, 1.165) is 35.3 Å². The van der Waals surface area contributed by atoms with Crippen molar-refractivity contribution in [2.45, 2.75) is 65.0 Å². The fourth-order valence-electron chi connectivity index (χ4n) is 6.72. The number of hydrogen-bond acceptors (Lipinski definition) is 6. The largest absolute Gasteiger partial charge is 0.507 e. The van der Waals surface area contributed by atoms with Crippen molar-refractivity contribution in [1.29, 1.82) is 0 Å². The number of methoxy groups -OCH3 is 1. The standard InChI is InChI=1S/C32H42N2O4/c1-22-18-29-30(23(2)26(32(36)38-29)19-24-10-5-4-6-11-24)31(35)27(22)21-33(16-17-37-3)20-25-12-9-15-34-14-8-7-13-28(25)34/h4-6,10-11,18,25,28,35H,7-9,12-17,19-21H2,1-3H3/t25-,28+/m0/s1. The molecule has 5 rings (SSSR count). The number of fused-ring (bicyclic) bond motifs is 2. The monoisotopic (exact) mass is 518 g/mol. The van der Waals surface area contributed by atoms with Gasteiger partial charge in [-0.2, -0.15) is 0 Å². The molecule has 6 heteroatoms. The first-order valence-corrected chi connectivity index (χ1v) is 14.2. The van der Waals surface area contributed by atoms with E-state index in [9.17, 15) is 9.90 Å². The molecule has 2 fully saturated rings. The molecule has 2 aliphatic heterocycles. The van der Waals surface area contributed by atoms with E-state index in [1.165, 1.54) is 45.2 Å². The molecule has 0 bridgehead atoms. The Morgan fingerprint density at radius 1 is 1.08 bits per heavy atom. The van der Waals surface area contributed by atoms with Gasteiger partial charge in [0.05, 0.1) is 12.0 Å². The zero-order chi connectivity index (χ0) is 26.6. The first-order valence-electron chi connectivity index (χ1n) is 14.2. The number of nitrogens with zero attached hydrogens (tertiary/aromatic N) is 2. The predicted octanol–water partition coefficient (Wildman–Crippen LogP) is 5.42. The Kier molecular flexibility index (Phi) is 8.51. The number of aromatic hydroxyl groups is 1. The van der Waals surface area contributed by atoms with Crippen LogP contribution in [0.2, 0.25) is 0 Å². The Morgan fingerprint density at radius 2 is 1.87 bits per heavy atom. The summed E-state index contributed by atoms with van der Waals surface area (Å²) in [6.07, 6.45) is 6.96. The molecule has 1 N–H and O–H groups in total. The van der Waals surface area contributed by atoms with Crippen LogP contribution in [0, 0.1) is 19.8 Å². The first kappa shape index (κ1) is 26.9. The third kappa shape index (κ3) is 5.68. The molecule has 0 unspecified atom stereocenters. The van der Waals surface area contributed by atoms with Gasteiger partial charge in [0.1, 0.15) is 11.3 Å². The molecule has 2 aromatic carbocycles. The van der Waals surface area contributed by atoms with Crippen molar-refractivity contribution in [2.24, 2.45) is 5.92 Å². The zero-order valence-electron chi connectivity index (χ0n) is 23.2. The summed E-state index contributed by atoms with van der Waals surface area (Å²) in [5.41, 5.74) is 4.42. The van der Waals surface area contributed by atoms with Crippen molar-refractivity contribution in [3.63, 3.8) is 0 Å². The SMILES string of the molecule is COCCN(Cc1c(C)cc2oc(=O)c(Cc3ccccc3)c(C)c2c1O)C[C@@H]1CCCN2CCCC[C@H]12. The molecule has 38 heavy (non-hydrogen) atoms. The molecule has 2 aliphatic rings. The van der Waals surface area contributed by atoms with Crippen LogP contribution in [-0.2, 0) is 17.7 Å². The van der Waals surface area contributed by atoms with E-state index in [1.54, 1.807) is 7.11 Å². The third-order valence-corrected chi connectivity index (χ3v) is 8.81. The van der Waals surface area contributed by atoms with Gasteiger partial charge in [0.2, 0.25) is 0 Å². The van der Waals surface area contributed by atoms with Gasteiger partial charge in [-0.05, 0) is 81.3 Å². The second-order valence-electron chi connectivity index (χ2n) is 11.3. The summed E-state index contributed by atoms with van der Waals surface area (Å²) in [7, 11) is 1.75. The van der Waals surface area contributed by atoms with E-state index < -0.39 is 0 Å². The number of aryl methyl sites for hydroxylation is 2. The number of phenols is 1. The van der Waals surface area contributed by atoms with E-state index in [1.807, 2.05) is 50.2 Å². The van der Waals surface area contributed by atoms with Crippen LogP contribution < -0.4 is 5.63 Å². The van der Waals surface area contributed by atoms with E-state index >= 15 is 0 Å². The summed E-state index contributed by atoms with van der Waals surface area (Å²) in [5.74, 6) is 0.877. The molecule has 3 aromatic rings. The van der Waals surface area contributed by atoms with Gasteiger partial charge in [0.25, 0.3) is 0 Å². The molecule has 0 saturated carbocycles. The fourth-order valence-corrected chi connectivity index (χ4v) is 6.72. The molecule has 3 heterocycles. The number of piperidine rings is 2. The van der Waals surface area contributed by atoms with Gasteiger partial charge in [0.15, 0.2) is 0 Å². The highest BCUT2D eigenvalue weighted by atomic mass is 16.5. The molecule has 204 valence electrons. The lowest BCUT2D eigenvalue weighted by molar-refractivity contribution is 0.0335. The second kappa shape index (κ2) is 12.0. The molecular weight excluding hydrogens is 476 g/mol. The highest BCUT2D eigenvalue weighted by Gasteiger charge is 2.34. The Balaban J connectivity index is 1.46. The number of benzene rings is 2. The first-order chi connectivity index (χ1) is 18.5. The summed E-state index contributed by atoms with van der Waals surface area (Å²) in [6, 6.07) is 12.5. The van der Waals surface area contributed by atoms with Gasteiger partial charge in [-0.3, -0.25) is 4.90 Å². The predicted molar refractivity (Wildman–Crippen MR) is 152 cm³/mol. The maximum Gasteiger partial charge on any atom is 0.340 e. The molecule has 0 spiro atoms. The summed E-state index contributed by atoms with van der Waals surface area (Å²) < 4.78 is 11.2. The summed E-state index contributed by atoms with van der Waals surface area (Å²) in [4.78, 5) is 18.1. The smallest absolute Gasteiger partial charge is 0.340 e. The number of rotatable bonds is 9. The molecule has 6 nitrogen and oxygen atoms in total. The fraction of sp³-hybridized carbons (Fsp3) is 0.531. The maximum atomic E-state index is 12.9. The van der Waals surface area contributed by atoms with Gasteiger partial charge in [0, 0.05) is 50.3 Å². The number of ether oxygens (including phenoxy) is 1. The van der Waals surface area contributed by atoms with Crippen LogP contribution in [0.25, 0.3) is 11.0 Å². The van der Waals surface area contributed by atoms with Crippen molar-refractivity contribution in [3.05, 3.63) is 74.6 Å². The quantitative estimate of drug-likeness (QED) is 0.382. The van der Waals surface area contributed by atoms with E-state index in [-0.39, 0.29) is 11.4 Å². The van der Waals surface area contributed by atoms with Gasteiger partial charge < -0.3 is 19.2 Å². The molecule has 0 amide bonds. The van der Waals surface area contributed by atoms with Crippen molar-refractivity contribution < 1.29 is 14.3 Å². The van der Waals surface area contributed by atoms with E-state index in [0.29, 0.717) is 48.1 Å². The molecule has 0 radical (unpaired) electrons. The van der Waals surface area contributed by atoms with Crippen LogP contribution in [0.3, 0.4) is 0 Å². The van der Waals surface area contributed by atoms with Crippen molar-refractivity contribution in [3.8, 4) is 5.75 Å². The minimum absolute atomic E-state index is 0.237. The lowest BCUT2D eigenvalue weighted by Crippen LogP contribution is -2.51. The van der Waals surface area contributed by atoms with Crippen LogP contribution in [0.15, 0.2) is 45.6 Å². The second-order valence-corrected chi connectivity index (χ2v) is 11.3. The van der Waals surface area contributed by atoms with Crippen molar-refractivity contribution in [2.75, 3.05) is 39.9 Å². The van der Waals surface area contributed by atoms with Crippen LogP contribution in [-0.4, -0.2) is 60.8 Å². The zero-order valence-corrected chi connectivity index (χ0v) is 23.2. The Morgan fingerprint density at radius 3 is 2.66 bits per heavy atom. The molecular formula is C32H42N2O4. The molecule has 2 saturated heterocycles. The van der Waals surface area contributed by atoms with Crippen molar-refractivity contribution >= 4 is 11.0 Å². The number of hydrogen-bond donors (Lipinski definition) is 1.